The number of β-amino-alcohol motifs (C(OH)–C–C–N with tert-alkyl or cyclic N) is 1. The van der Waals surface area contributed by atoms with Crippen molar-refractivity contribution in [2.75, 3.05) is 26.7 Å². The lowest BCUT2D eigenvalue weighted by Gasteiger charge is -2.32. The first-order chi connectivity index (χ1) is 15.1. The van der Waals surface area contributed by atoms with Crippen molar-refractivity contribution >= 4 is 11.6 Å². The summed E-state index contributed by atoms with van der Waals surface area (Å²) in [6.07, 6.45) is -4.92. The van der Waals surface area contributed by atoms with Crippen LogP contribution in [0.2, 0.25) is 0 Å². The maximum atomic E-state index is 13.0. The number of carbonyl (C=O) groups excluding carboxylic acids is 1. The molecule has 10 heteroatoms. The van der Waals surface area contributed by atoms with Gasteiger partial charge in [-0.15, -0.1) is 0 Å². The van der Waals surface area contributed by atoms with Crippen molar-refractivity contribution in [3.63, 3.8) is 0 Å². The SMILES string of the molecule is CN(C(=O)Cc1ccc(C(F)(F)F)cc1[N+](=O)[O-])[C@H](CN1CC[C@H](O)C1)c1ccccc1. The van der Waals surface area contributed by atoms with Crippen LogP contribution in [0, 0.1) is 10.1 Å². The minimum absolute atomic E-state index is 0.0803. The van der Waals surface area contributed by atoms with Crippen molar-refractivity contribution in [1.82, 2.24) is 9.80 Å². The van der Waals surface area contributed by atoms with Crippen LogP contribution in [0.25, 0.3) is 0 Å². The van der Waals surface area contributed by atoms with Crippen LogP contribution in [-0.4, -0.2) is 58.5 Å². The number of nitro groups is 1. The number of carbonyl (C=O) groups is 1. The average Bonchev–Trinajstić information content (AvgIpc) is 3.16. The van der Waals surface area contributed by atoms with Crippen LogP contribution >= 0.6 is 0 Å². The normalized spacial score (nSPS) is 17.8. The zero-order chi connectivity index (χ0) is 23.5. The number of rotatable bonds is 7. The topological polar surface area (TPSA) is 86.9 Å². The first kappa shape index (κ1) is 23.7. The summed E-state index contributed by atoms with van der Waals surface area (Å²) in [6, 6.07) is 11.0. The summed E-state index contributed by atoms with van der Waals surface area (Å²) in [5.74, 6) is -0.457. The average molecular weight is 451 g/mol. The summed E-state index contributed by atoms with van der Waals surface area (Å²) in [5, 5.41) is 21.2. The van der Waals surface area contributed by atoms with Crippen LogP contribution in [-0.2, 0) is 17.4 Å². The Morgan fingerprint density at radius 2 is 1.97 bits per heavy atom. The van der Waals surface area contributed by atoms with Crippen molar-refractivity contribution in [1.29, 1.82) is 0 Å². The number of benzene rings is 2. The predicted molar refractivity (Wildman–Crippen MR) is 111 cm³/mol. The van der Waals surface area contributed by atoms with Crippen LogP contribution in [0.1, 0.15) is 29.2 Å². The van der Waals surface area contributed by atoms with Gasteiger partial charge in [-0.3, -0.25) is 19.8 Å². The molecule has 172 valence electrons. The Bertz CT molecular complexity index is 969. The molecule has 1 aliphatic heterocycles. The highest BCUT2D eigenvalue weighted by molar-refractivity contribution is 5.80. The Morgan fingerprint density at radius 3 is 2.53 bits per heavy atom. The molecule has 2 aromatic rings. The molecule has 2 aromatic carbocycles. The van der Waals surface area contributed by atoms with E-state index in [1.54, 1.807) is 7.05 Å². The molecule has 1 N–H and O–H groups in total. The van der Waals surface area contributed by atoms with Crippen LogP contribution in [0.3, 0.4) is 0 Å². The van der Waals surface area contributed by atoms with Gasteiger partial charge < -0.3 is 10.0 Å². The number of nitrogens with zero attached hydrogens (tertiary/aromatic N) is 3. The molecule has 0 bridgehead atoms. The molecule has 0 unspecified atom stereocenters. The largest absolute Gasteiger partial charge is 0.416 e. The minimum atomic E-state index is -4.72. The molecule has 0 radical (unpaired) electrons. The van der Waals surface area contributed by atoms with Gasteiger partial charge in [-0.2, -0.15) is 13.2 Å². The highest BCUT2D eigenvalue weighted by atomic mass is 19.4. The van der Waals surface area contributed by atoms with E-state index in [2.05, 4.69) is 0 Å². The third kappa shape index (κ3) is 5.63. The lowest BCUT2D eigenvalue weighted by molar-refractivity contribution is -0.385. The van der Waals surface area contributed by atoms with Crippen molar-refractivity contribution < 1.29 is 28.0 Å². The van der Waals surface area contributed by atoms with Gasteiger partial charge in [-0.1, -0.05) is 36.4 Å². The zero-order valence-corrected chi connectivity index (χ0v) is 17.5. The summed E-state index contributed by atoms with van der Waals surface area (Å²) >= 11 is 0. The van der Waals surface area contributed by atoms with Gasteiger partial charge in [0.2, 0.25) is 5.91 Å². The molecule has 1 fully saturated rings. The van der Waals surface area contributed by atoms with Crippen molar-refractivity contribution in [3.8, 4) is 0 Å². The van der Waals surface area contributed by atoms with E-state index in [0.717, 1.165) is 17.7 Å². The quantitative estimate of drug-likeness (QED) is 0.515. The first-order valence-corrected chi connectivity index (χ1v) is 10.1. The van der Waals surface area contributed by atoms with E-state index >= 15 is 0 Å². The fraction of sp³-hybridized carbons (Fsp3) is 0.409. The number of aliphatic hydroxyl groups excluding tert-OH is 1. The lowest BCUT2D eigenvalue weighted by Crippen LogP contribution is -2.39. The number of alkyl halides is 3. The summed E-state index contributed by atoms with van der Waals surface area (Å²) in [6.45, 7) is 1.62. The van der Waals surface area contributed by atoms with Crippen LogP contribution in [0.4, 0.5) is 18.9 Å². The molecule has 0 saturated carbocycles. The number of likely N-dealkylation sites (N-methyl/N-ethyl adjacent to an activating group) is 1. The van der Waals surface area contributed by atoms with Gasteiger partial charge >= 0.3 is 6.18 Å². The molecule has 0 aromatic heterocycles. The standard InChI is InChI=1S/C22H24F3N3O4/c1-26(20(15-5-3-2-4-6-15)14-27-10-9-18(29)13-27)21(30)11-16-7-8-17(22(23,24)25)12-19(16)28(31)32/h2-8,12,18,20,29H,9-11,13-14H2,1H3/t18-,20+/m0/s1. The lowest BCUT2D eigenvalue weighted by atomic mass is 10.0. The van der Waals surface area contributed by atoms with Crippen molar-refractivity contribution in [3.05, 3.63) is 75.3 Å². The maximum Gasteiger partial charge on any atom is 0.416 e. The Labute approximate surface area is 183 Å². The molecular weight excluding hydrogens is 427 g/mol. The third-order valence-corrected chi connectivity index (χ3v) is 5.67. The third-order valence-electron chi connectivity index (χ3n) is 5.67. The van der Waals surface area contributed by atoms with Crippen molar-refractivity contribution in [2.24, 2.45) is 0 Å². The van der Waals surface area contributed by atoms with Gasteiger partial charge in [0.05, 0.1) is 29.1 Å². The van der Waals surface area contributed by atoms with E-state index < -0.39 is 40.8 Å². The summed E-state index contributed by atoms with van der Waals surface area (Å²) in [5.41, 5.74) is -1.10. The first-order valence-electron chi connectivity index (χ1n) is 10.1. The number of likely N-dealkylation sites (tertiary alicyclic amines) is 1. The van der Waals surface area contributed by atoms with Crippen LogP contribution < -0.4 is 0 Å². The minimum Gasteiger partial charge on any atom is -0.392 e. The second-order valence-electron chi connectivity index (χ2n) is 7.91. The smallest absolute Gasteiger partial charge is 0.392 e. The number of halogens is 3. The Kier molecular flexibility index (Phi) is 7.15. The number of amides is 1. The van der Waals surface area contributed by atoms with Crippen molar-refractivity contribution in [2.45, 2.75) is 31.2 Å². The summed E-state index contributed by atoms with van der Waals surface area (Å²) < 4.78 is 38.8. The fourth-order valence-electron chi connectivity index (χ4n) is 3.87. The van der Waals surface area contributed by atoms with Gasteiger partial charge in [0.1, 0.15) is 0 Å². The van der Waals surface area contributed by atoms with Gasteiger partial charge in [0.15, 0.2) is 0 Å². The predicted octanol–water partition coefficient (Wildman–Crippen LogP) is 3.42. The van der Waals surface area contributed by atoms with E-state index in [4.69, 9.17) is 0 Å². The zero-order valence-electron chi connectivity index (χ0n) is 17.5. The molecule has 3 rings (SSSR count). The molecule has 1 heterocycles. The van der Waals surface area contributed by atoms with Gasteiger partial charge in [-0.25, -0.2) is 0 Å². The Hall–Kier alpha value is -2.98. The second kappa shape index (κ2) is 9.66. The number of hydrogen-bond donors (Lipinski definition) is 1. The molecule has 2 atom stereocenters. The highest BCUT2D eigenvalue weighted by Gasteiger charge is 2.34. The summed E-state index contributed by atoms with van der Waals surface area (Å²) in [7, 11) is 1.57. The van der Waals surface area contributed by atoms with Gasteiger partial charge in [0.25, 0.3) is 5.69 Å². The number of aliphatic hydroxyl groups is 1. The fourth-order valence-corrected chi connectivity index (χ4v) is 3.87. The summed E-state index contributed by atoms with van der Waals surface area (Å²) in [4.78, 5) is 27.0. The van der Waals surface area contributed by atoms with Gasteiger partial charge in [0, 0.05) is 38.3 Å². The Balaban J connectivity index is 1.83. The van der Waals surface area contributed by atoms with Gasteiger partial charge in [-0.05, 0) is 18.1 Å². The molecule has 1 saturated heterocycles. The highest BCUT2D eigenvalue weighted by Crippen LogP contribution is 2.33. The van der Waals surface area contributed by atoms with E-state index in [1.165, 1.54) is 4.90 Å². The molecule has 32 heavy (non-hydrogen) atoms. The molecule has 7 nitrogen and oxygen atoms in total. The maximum absolute atomic E-state index is 13.0. The van der Waals surface area contributed by atoms with E-state index in [-0.39, 0.29) is 11.6 Å². The van der Waals surface area contributed by atoms with E-state index in [9.17, 15) is 33.2 Å². The van der Waals surface area contributed by atoms with E-state index in [1.807, 2.05) is 35.2 Å². The molecular formula is C22H24F3N3O4. The number of nitro benzene ring substituents is 1. The van der Waals surface area contributed by atoms with E-state index in [0.29, 0.717) is 32.1 Å². The monoisotopic (exact) mass is 451 g/mol. The number of hydrogen-bond acceptors (Lipinski definition) is 5. The Morgan fingerprint density at radius 1 is 1.28 bits per heavy atom. The van der Waals surface area contributed by atoms with Crippen LogP contribution in [0.5, 0.6) is 0 Å². The molecule has 0 spiro atoms. The second-order valence-corrected chi connectivity index (χ2v) is 7.91. The molecule has 0 aliphatic carbocycles. The molecule has 1 amide bonds. The van der Waals surface area contributed by atoms with Crippen LogP contribution in [0.15, 0.2) is 48.5 Å². The molecule has 1 aliphatic rings.